The van der Waals surface area contributed by atoms with Crippen LogP contribution in [-0.4, -0.2) is 104 Å². The van der Waals surface area contributed by atoms with Crippen molar-refractivity contribution in [3.63, 3.8) is 0 Å². The predicted octanol–water partition coefficient (Wildman–Crippen LogP) is 0.610. The molecule has 0 aliphatic rings. The second kappa shape index (κ2) is 23.5. The SMILES string of the molecule is CCNCCOCCOCCNC(=O)COCCOCCOCCOC(C)CC. The molecule has 1 unspecified atom stereocenters. The van der Waals surface area contributed by atoms with E-state index in [1.807, 2.05) is 6.92 Å². The van der Waals surface area contributed by atoms with Crippen molar-refractivity contribution in [2.24, 2.45) is 0 Å². The summed E-state index contributed by atoms with van der Waals surface area (Å²) in [5.41, 5.74) is 0. The van der Waals surface area contributed by atoms with Crippen molar-refractivity contribution in [3.8, 4) is 0 Å². The van der Waals surface area contributed by atoms with E-state index >= 15 is 0 Å². The van der Waals surface area contributed by atoms with E-state index in [-0.39, 0.29) is 18.6 Å². The van der Waals surface area contributed by atoms with Gasteiger partial charge >= 0.3 is 0 Å². The highest BCUT2D eigenvalue weighted by Gasteiger charge is 2.01. The Bertz CT molecular complexity index is 349. The van der Waals surface area contributed by atoms with Gasteiger partial charge in [-0.2, -0.15) is 0 Å². The minimum absolute atomic E-state index is 0.0142. The molecule has 0 fully saturated rings. The molecule has 0 heterocycles. The summed E-state index contributed by atoms with van der Waals surface area (Å²) in [6.45, 7) is 13.6. The lowest BCUT2D eigenvalue weighted by atomic mass is 10.3. The normalized spacial score (nSPS) is 12.2. The molecule has 0 aliphatic carbocycles. The summed E-state index contributed by atoms with van der Waals surface area (Å²) in [5, 5.41) is 5.91. The van der Waals surface area contributed by atoms with Gasteiger partial charge in [-0.25, -0.2) is 0 Å². The molecule has 1 amide bonds. The number of ether oxygens (including phenoxy) is 6. The van der Waals surface area contributed by atoms with Crippen molar-refractivity contribution in [1.29, 1.82) is 0 Å². The van der Waals surface area contributed by atoms with Crippen LogP contribution in [0.2, 0.25) is 0 Å². The first-order chi connectivity index (χ1) is 14.2. The zero-order valence-electron chi connectivity index (χ0n) is 18.5. The first-order valence-electron chi connectivity index (χ1n) is 10.7. The number of carbonyl (C=O) groups excluding carboxylic acids is 1. The van der Waals surface area contributed by atoms with Crippen molar-refractivity contribution in [3.05, 3.63) is 0 Å². The number of amides is 1. The molecule has 0 saturated carbocycles. The largest absolute Gasteiger partial charge is 0.378 e. The maximum absolute atomic E-state index is 11.6. The van der Waals surface area contributed by atoms with Gasteiger partial charge in [0, 0.05) is 13.1 Å². The van der Waals surface area contributed by atoms with E-state index in [4.69, 9.17) is 28.4 Å². The van der Waals surface area contributed by atoms with Crippen molar-refractivity contribution in [2.75, 3.05) is 92.3 Å². The molecule has 0 saturated heterocycles. The van der Waals surface area contributed by atoms with Crippen molar-refractivity contribution >= 4 is 5.91 Å². The van der Waals surface area contributed by atoms with Gasteiger partial charge in [0.2, 0.25) is 5.91 Å². The second-order valence-electron chi connectivity index (χ2n) is 6.30. The number of carbonyl (C=O) groups is 1. The van der Waals surface area contributed by atoms with Crippen LogP contribution in [0.1, 0.15) is 27.2 Å². The topological polar surface area (TPSA) is 96.5 Å². The van der Waals surface area contributed by atoms with Crippen molar-refractivity contribution in [2.45, 2.75) is 33.3 Å². The quantitative estimate of drug-likeness (QED) is 0.231. The Morgan fingerprint density at radius 2 is 1.24 bits per heavy atom. The molecule has 1 atom stereocenters. The van der Waals surface area contributed by atoms with Gasteiger partial charge in [0.1, 0.15) is 6.61 Å². The van der Waals surface area contributed by atoms with Gasteiger partial charge in [0.05, 0.1) is 72.2 Å². The Labute approximate surface area is 176 Å². The average Bonchev–Trinajstić information content (AvgIpc) is 2.73. The lowest BCUT2D eigenvalue weighted by Crippen LogP contribution is -2.31. The van der Waals surface area contributed by atoms with E-state index in [0.717, 1.165) is 19.5 Å². The molecule has 0 aromatic carbocycles. The molecule has 0 spiro atoms. The summed E-state index contributed by atoms with van der Waals surface area (Å²) in [6, 6.07) is 0. The van der Waals surface area contributed by atoms with Crippen molar-refractivity contribution in [1.82, 2.24) is 10.6 Å². The van der Waals surface area contributed by atoms with E-state index in [2.05, 4.69) is 24.5 Å². The molecule has 9 nitrogen and oxygen atoms in total. The van der Waals surface area contributed by atoms with Crippen LogP contribution in [-0.2, 0) is 33.2 Å². The first-order valence-corrected chi connectivity index (χ1v) is 10.7. The van der Waals surface area contributed by atoms with Crippen LogP contribution in [0.15, 0.2) is 0 Å². The van der Waals surface area contributed by atoms with Crippen LogP contribution in [0.3, 0.4) is 0 Å². The Morgan fingerprint density at radius 1 is 0.724 bits per heavy atom. The molecule has 0 aromatic heterocycles. The Morgan fingerprint density at radius 3 is 1.83 bits per heavy atom. The Hall–Kier alpha value is -0.810. The van der Waals surface area contributed by atoms with Gasteiger partial charge in [0.15, 0.2) is 0 Å². The maximum Gasteiger partial charge on any atom is 0.246 e. The average molecular weight is 423 g/mol. The van der Waals surface area contributed by atoms with Gasteiger partial charge in [-0.3, -0.25) is 4.79 Å². The van der Waals surface area contributed by atoms with Crippen LogP contribution in [0, 0.1) is 0 Å². The van der Waals surface area contributed by atoms with Crippen LogP contribution in [0.5, 0.6) is 0 Å². The molecular formula is C20H42N2O7. The summed E-state index contributed by atoms with van der Waals surface area (Å²) in [6.07, 6.45) is 1.27. The van der Waals surface area contributed by atoms with E-state index in [1.54, 1.807) is 0 Å². The zero-order valence-corrected chi connectivity index (χ0v) is 18.5. The van der Waals surface area contributed by atoms with E-state index in [1.165, 1.54) is 0 Å². The molecule has 0 radical (unpaired) electrons. The summed E-state index contributed by atoms with van der Waals surface area (Å²) in [5.74, 6) is -0.167. The molecule has 9 heteroatoms. The molecule has 0 rings (SSSR count). The zero-order chi connectivity index (χ0) is 21.4. The molecule has 0 bridgehead atoms. The van der Waals surface area contributed by atoms with Gasteiger partial charge in [-0.15, -0.1) is 0 Å². The summed E-state index contributed by atoms with van der Waals surface area (Å²) >= 11 is 0. The van der Waals surface area contributed by atoms with Crippen LogP contribution in [0.4, 0.5) is 0 Å². The Kier molecular flexibility index (Phi) is 22.8. The van der Waals surface area contributed by atoms with Gasteiger partial charge < -0.3 is 39.1 Å². The predicted molar refractivity (Wildman–Crippen MR) is 111 cm³/mol. The lowest BCUT2D eigenvalue weighted by Gasteiger charge is -2.11. The summed E-state index contributed by atoms with van der Waals surface area (Å²) in [4.78, 5) is 11.6. The summed E-state index contributed by atoms with van der Waals surface area (Å²) < 4.78 is 32.3. The third-order valence-corrected chi connectivity index (χ3v) is 3.80. The van der Waals surface area contributed by atoms with Crippen LogP contribution < -0.4 is 10.6 Å². The second-order valence-corrected chi connectivity index (χ2v) is 6.30. The highest BCUT2D eigenvalue weighted by atomic mass is 16.6. The minimum Gasteiger partial charge on any atom is -0.378 e. The monoisotopic (exact) mass is 422 g/mol. The number of nitrogens with one attached hydrogen (secondary N) is 2. The van der Waals surface area contributed by atoms with Crippen molar-refractivity contribution < 1.29 is 33.2 Å². The molecule has 0 aromatic rings. The molecule has 2 N–H and O–H groups in total. The Balaban J connectivity index is 3.17. The fourth-order valence-corrected chi connectivity index (χ4v) is 1.99. The maximum atomic E-state index is 11.6. The molecular weight excluding hydrogens is 380 g/mol. The molecule has 174 valence electrons. The smallest absolute Gasteiger partial charge is 0.246 e. The fourth-order valence-electron chi connectivity index (χ4n) is 1.99. The third kappa shape index (κ3) is 23.3. The highest BCUT2D eigenvalue weighted by molar-refractivity contribution is 5.77. The van der Waals surface area contributed by atoms with Gasteiger partial charge in [-0.1, -0.05) is 13.8 Å². The number of hydrogen-bond donors (Lipinski definition) is 2. The number of hydrogen-bond acceptors (Lipinski definition) is 8. The highest BCUT2D eigenvalue weighted by Crippen LogP contribution is 1.94. The van der Waals surface area contributed by atoms with Crippen LogP contribution >= 0.6 is 0 Å². The number of likely N-dealkylation sites (N-methyl/N-ethyl adjacent to an activating group) is 1. The molecule has 29 heavy (non-hydrogen) atoms. The lowest BCUT2D eigenvalue weighted by molar-refractivity contribution is -0.126. The third-order valence-electron chi connectivity index (χ3n) is 3.80. The standard InChI is InChI=1S/C20H42N2O7/c1-4-19(3)29-17-16-27-13-12-26-14-15-28-18-20(23)22-7-9-25-11-10-24-8-6-21-5-2/h19,21H,4-18H2,1-3H3,(H,22,23). The van der Waals surface area contributed by atoms with E-state index in [0.29, 0.717) is 72.6 Å². The fraction of sp³-hybridized carbons (Fsp3) is 0.950. The first kappa shape index (κ1) is 28.2. The van der Waals surface area contributed by atoms with Crippen LogP contribution in [0.25, 0.3) is 0 Å². The van der Waals surface area contributed by atoms with E-state index < -0.39 is 0 Å². The van der Waals surface area contributed by atoms with Gasteiger partial charge in [0.25, 0.3) is 0 Å². The van der Waals surface area contributed by atoms with E-state index in [9.17, 15) is 4.79 Å². The summed E-state index contributed by atoms with van der Waals surface area (Å²) in [7, 11) is 0. The minimum atomic E-state index is -0.167. The molecule has 0 aliphatic heterocycles. The van der Waals surface area contributed by atoms with Gasteiger partial charge in [-0.05, 0) is 19.9 Å². The number of rotatable bonds is 23.